The second-order valence-electron chi connectivity index (χ2n) is 5.55. The van der Waals surface area contributed by atoms with Gasteiger partial charge in [0.2, 0.25) is 11.8 Å². The number of hydrogen-bond acceptors (Lipinski definition) is 4. The molecular formula is C13H22N2O4. The Morgan fingerprint density at radius 1 is 1.53 bits per heavy atom. The fourth-order valence-electron chi connectivity index (χ4n) is 2.61. The topological polar surface area (TPSA) is 78.9 Å². The molecule has 2 amide bonds. The second-order valence-corrected chi connectivity index (χ2v) is 5.55. The van der Waals surface area contributed by atoms with E-state index in [4.69, 9.17) is 4.74 Å². The van der Waals surface area contributed by atoms with Crippen molar-refractivity contribution in [2.24, 2.45) is 5.92 Å². The summed E-state index contributed by atoms with van der Waals surface area (Å²) in [4.78, 5) is 25.1. The van der Waals surface area contributed by atoms with Gasteiger partial charge in [0.05, 0.1) is 12.5 Å². The van der Waals surface area contributed by atoms with Gasteiger partial charge in [-0.3, -0.25) is 9.59 Å². The predicted octanol–water partition coefficient (Wildman–Crippen LogP) is -0.487. The molecule has 2 aliphatic heterocycles. The van der Waals surface area contributed by atoms with Crippen LogP contribution >= 0.6 is 0 Å². The molecule has 2 rings (SSSR count). The summed E-state index contributed by atoms with van der Waals surface area (Å²) in [6.07, 6.45) is 2.20. The van der Waals surface area contributed by atoms with Gasteiger partial charge < -0.3 is 20.1 Å². The SMILES string of the molecule is CC(=O)N1CCCC(C(=O)NCC2(O)CCOC2)C1. The molecule has 2 N–H and O–H groups in total. The highest BCUT2D eigenvalue weighted by Gasteiger charge is 2.34. The van der Waals surface area contributed by atoms with E-state index in [-0.39, 0.29) is 30.9 Å². The fraction of sp³-hybridized carbons (Fsp3) is 0.846. The maximum Gasteiger partial charge on any atom is 0.225 e. The molecule has 108 valence electrons. The molecule has 0 aromatic rings. The molecule has 2 heterocycles. The molecule has 0 aliphatic carbocycles. The maximum absolute atomic E-state index is 12.1. The van der Waals surface area contributed by atoms with Crippen molar-refractivity contribution < 1.29 is 19.4 Å². The van der Waals surface area contributed by atoms with Gasteiger partial charge in [-0.25, -0.2) is 0 Å². The molecule has 6 heteroatoms. The summed E-state index contributed by atoms with van der Waals surface area (Å²) in [5, 5.41) is 12.9. The van der Waals surface area contributed by atoms with Crippen LogP contribution in [0.2, 0.25) is 0 Å². The van der Waals surface area contributed by atoms with E-state index in [0.29, 0.717) is 19.6 Å². The Morgan fingerprint density at radius 3 is 2.95 bits per heavy atom. The summed E-state index contributed by atoms with van der Waals surface area (Å²) in [7, 11) is 0. The van der Waals surface area contributed by atoms with Gasteiger partial charge in [0.15, 0.2) is 0 Å². The van der Waals surface area contributed by atoms with Crippen LogP contribution in [0.4, 0.5) is 0 Å². The van der Waals surface area contributed by atoms with Crippen LogP contribution in [0.15, 0.2) is 0 Å². The van der Waals surface area contributed by atoms with Crippen LogP contribution in [0.25, 0.3) is 0 Å². The highest BCUT2D eigenvalue weighted by Crippen LogP contribution is 2.19. The third-order valence-corrected chi connectivity index (χ3v) is 3.91. The van der Waals surface area contributed by atoms with Crippen molar-refractivity contribution in [1.82, 2.24) is 10.2 Å². The van der Waals surface area contributed by atoms with E-state index >= 15 is 0 Å². The smallest absolute Gasteiger partial charge is 0.225 e. The van der Waals surface area contributed by atoms with Gasteiger partial charge in [0, 0.05) is 39.6 Å². The second kappa shape index (κ2) is 5.88. The Labute approximate surface area is 113 Å². The van der Waals surface area contributed by atoms with Crippen molar-refractivity contribution in [3.63, 3.8) is 0 Å². The summed E-state index contributed by atoms with van der Waals surface area (Å²) in [5.74, 6) is -0.227. The number of hydrogen-bond donors (Lipinski definition) is 2. The molecule has 0 aromatic heterocycles. The first-order valence-corrected chi connectivity index (χ1v) is 6.83. The minimum atomic E-state index is -0.926. The molecule has 2 fully saturated rings. The Balaban J connectivity index is 1.80. The minimum Gasteiger partial charge on any atom is -0.386 e. The van der Waals surface area contributed by atoms with Crippen LogP contribution in [-0.4, -0.2) is 60.3 Å². The third kappa shape index (κ3) is 3.67. The number of carbonyl (C=O) groups excluding carboxylic acids is 2. The van der Waals surface area contributed by atoms with Gasteiger partial charge in [-0.1, -0.05) is 0 Å². The highest BCUT2D eigenvalue weighted by molar-refractivity contribution is 5.80. The van der Waals surface area contributed by atoms with E-state index in [0.717, 1.165) is 19.4 Å². The van der Waals surface area contributed by atoms with E-state index in [2.05, 4.69) is 5.32 Å². The van der Waals surface area contributed by atoms with Crippen LogP contribution in [0.3, 0.4) is 0 Å². The number of amides is 2. The molecule has 0 aromatic carbocycles. The van der Waals surface area contributed by atoms with Gasteiger partial charge in [-0.05, 0) is 12.8 Å². The Morgan fingerprint density at radius 2 is 2.32 bits per heavy atom. The van der Waals surface area contributed by atoms with Crippen molar-refractivity contribution in [1.29, 1.82) is 0 Å². The predicted molar refractivity (Wildman–Crippen MR) is 68.4 cm³/mol. The van der Waals surface area contributed by atoms with Crippen molar-refractivity contribution >= 4 is 11.8 Å². The first-order chi connectivity index (χ1) is 9.00. The number of ether oxygens (including phenoxy) is 1. The summed E-state index contributed by atoms with van der Waals surface area (Å²) in [5.41, 5.74) is -0.926. The fourth-order valence-corrected chi connectivity index (χ4v) is 2.61. The largest absolute Gasteiger partial charge is 0.386 e. The molecule has 19 heavy (non-hydrogen) atoms. The molecule has 0 saturated carbocycles. The lowest BCUT2D eigenvalue weighted by Crippen LogP contribution is -2.49. The zero-order valence-electron chi connectivity index (χ0n) is 11.4. The Kier molecular flexibility index (Phi) is 4.42. The van der Waals surface area contributed by atoms with Crippen LogP contribution in [0, 0.1) is 5.92 Å². The summed E-state index contributed by atoms with van der Waals surface area (Å²) in [6.45, 7) is 3.78. The number of carbonyl (C=O) groups is 2. The summed E-state index contributed by atoms with van der Waals surface area (Å²) in [6, 6.07) is 0. The van der Waals surface area contributed by atoms with E-state index in [1.54, 1.807) is 4.90 Å². The van der Waals surface area contributed by atoms with Gasteiger partial charge in [0.25, 0.3) is 0 Å². The summed E-state index contributed by atoms with van der Waals surface area (Å²) < 4.78 is 5.13. The third-order valence-electron chi connectivity index (χ3n) is 3.91. The Hall–Kier alpha value is -1.14. The quantitative estimate of drug-likeness (QED) is 0.725. The van der Waals surface area contributed by atoms with Gasteiger partial charge >= 0.3 is 0 Å². The van der Waals surface area contributed by atoms with E-state index < -0.39 is 5.60 Å². The zero-order valence-corrected chi connectivity index (χ0v) is 11.4. The lowest BCUT2D eigenvalue weighted by atomic mass is 9.96. The first-order valence-electron chi connectivity index (χ1n) is 6.83. The Bertz CT molecular complexity index is 353. The van der Waals surface area contributed by atoms with Crippen molar-refractivity contribution in [2.75, 3.05) is 32.8 Å². The molecule has 2 aliphatic rings. The van der Waals surface area contributed by atoms with Gasteiger partial charge in [-0.15, -0.1) is 0 Å². The van der Waals surface area contributed by atoms with E-state index in [9.17, 15) is 14.7 Å². The normalized spacial score (nSPS) is 31.3. The number of piperidine rings is 1. The van der Waals surface area contributed by atoms with Crippen LogP contribution in [-0.2, 0) is 14.3 Å². The molecule has 2 saturated heterocycles. The number of nitrogens with one attached hydrogen (secondary N) is 1. The number of likely N-dealkylation sites (tertiary alicyclic amines) is 1. The molecule has 0 spiro atoms. The molecule has 2 unspecified atom stereocenters. The maximum atomic E-state index is 12.1. The van der Waals surface area contributed by atoms with Gasteiger partial charge in [0.1, 0.15) is 5.60 Å². The lowest BCUT2D eigenvalue weighted by molar-refractivity contribution is -0.134. The van der Waals surface area contributed by atoms with E-state index in [1.165, 1.54) is 6.92 Å². The molecule has 0 radical (unpaired) electrons. The number of aliphatic hydroxyl groups is 1. The number of nitrogens with zero attached hydrogens (tertiary/aromatic N) is 1. The summed E-state index contributed by atoms with van der Waals surface area (Å²) >= 11 is 0. The minimum absolute atomic E-state index is 0.0142. The zero-order chi connectivity index (χ0) is 13.9. The monoisotopic (exact) mass is 270 g/mol. The lowest BCUT2D eigenvalue weighted by Gasteiger charge is -2.32. The van der Waals surface area contributed by atoms with Crippen LogP contribution < -0.4 is 5.32 Å². The highest BCUT2D eigenvalue weighted by atomic mass is 16.5. The van der Waals surface area contributed by atoms with Crippen molar-refractivity contribution in [3.8, 4) is 0 Å². The molecule has 0 bridgehead atoms. The van der Waals surface area contributed by atoms with Crippen molar-refractivity contribution in [2.45, 2.75) is 31.8 Å². The van der Waals surface area contributed by atoms with Crippen molar-refractivity contribution in [3.05, 3.63) is 0 Å². The average molecular weight is 270 g/mol. The van der Waals surface area contributed by atoms with Crippen LogP contribution in [0.1, 0.15) is 26.2 Å². The number of rotatable bonds is 3. The first kappa shape index (κ1) is 14.3. The molecule has 6 nitrogen and oxygen atoms in total. The standard InChI is InChI=1S/C13H22N2O4/c1-10(16)15-5-2-3-11(7-15)12(17)14-8-13(18)4-6-19-9-13/h11,18H,2-9H2,1H3,(H,14,17). The van der Waals surface area contributed by atoms with Gasteiger partial charge in [-0.2, -0.15) is 0 Å². The average Bonchev–Trinajstić information content (AvgIpc) is 2.83. The van der Waals surface area contributed by atoms with E-state index in [1.807, 2.05) is 0 Å². The van der Waals surface area contributed by atoms with Crippen LogP contribution in [0.5, 0.6) is 0 Å². The molecular weight excluding hydrogens is 248 g/mol. The molecule has 2 atom stereocenters.